The Labute approximate surface area is 91.3 Å². The Balaban J connectivity index is 3.13. The van der Waals surface area contributed by atoms with Gasteiger partial charge in [0.15, 0.2) is 0 Å². The molecule has 0 aromatic heterocycles. The van der Waals surface area contributed by atoms with E-state index in [1.54, 1.807) is 0 Å². The number of carbonyl (C=O) groups is 2. The number of hydrogen-bond acceptors (Lipinski definition) is 5. The highest BCUT2D eigenvalue weighted by molar-refractivity contribution is 6.02. The number of ether oxygens (including phenoxy) is 1. The van der Waals surface area contributed by atoms with Gasteiger partial charge in [0.2, 0.25) is 12.1 Å². The third-order valence-corrected chi connectivity index (χ3v) is 1.99. The van der Waals surface area contributed by atoms with E-state index in [1.165, 1.54) is 6.07 Å². The molecule has 1 rings (SSSR count). The summed E-state index contributed by atoms with van der Waals surface area (Å²) in [6.07, 6.45) is -1.61. The monoisotopic (exact) mass is 225 g/mol. The van der Waals surface area contributed by atoms with Crippen molar-refractivity contribution in [3.63, 3.8) is 0 Å². The van der Waals surface area contributed by atoms with Crippen molar-refractivity contribution in [3.8, 4) is 5.75 Å². The summed E-state index contributed by atoms with van der Waals surface area (Å²) in [4.78, 5) is 22.3. The number of nitrogens with two attached hydrogens (primary N) is 1. The number of methoxy groups -OCH3 is 1. The number of phenols is 1. The average molecular weight is 225 g/mol. The van der Waals surface area contributed by atoms with Crippen molar-refractivity contribution in [1.29, 1.82) is 0 Å². The molecule has 1 unspecified atom stereocenters. The molecule has 0 fully saturated rings. The zero-order valence-electron chi connectivity index (χ0n) is 8.51. The number of hydrogen-bond donors (Lipinski definition) is 3. The molecule has 1 aromatic carbocycles. The van der Waals surface area contributed by atoms with Gasteiger partial charge in [-0.3, -0.25) is 9.59 Å². The Morgan fingerprint density at radius 1 is 1.44 bits per heavy atom. The second-order valence-corrected chi connectivity index (χ2v) is 3.05. The lowest BCUT2D eigenvalue weighted by Crippen LogP contribution is -2.23. The number of amides is 1. The number of primary amides is 1. The number of aliphatic hydroxyl groups is 1. The first-order valence-electron chi connectivity index (χ1n) is 4.35. The lowest BCUT2D eigenvalue weighted by molar-refractivity contribution is -0.0483. The molecule has 0 heterocycles. The van der Waals surface area contributed by atoms with Crippen molar-refractivity contribution in [2.45, 2.75) is 6.29 Å². The van der Waals surface area contributed by atoms with E-state index in [1.807, 2.05) is 0 Å². The first-order chi connectivity index (χ1) is 7.47. The molecule has 1 amide bonds. The number of rotatable bonds is 4. The molecule has 16 heavy (non-hydrogen) atoms. The number of Topliss-reactive ketones (excluding diaryl/α,β-unsaturated/α-hetero) is 1. The van der Waals surface area contributed by atoms with Gasteiger partial charge in [0.25, 0.3) is 5.91 Å². The first kappa shape index (κ1) is 12.2. The predicted molar refractivity (Wildman–Crippen MR) is 54.0 cm³/mol. The van der Waals surface area contributed by atoms with E-state index in [0.29, 0.717) is 0 Å². The number of aromatic hydroxyl groups is 1. The smallest absolute Gasteiger partial charge is 0.252 e. The Bertz CT molecular complexity index is 429. The molecular formula is C10H11NO5. The fraction of sp³-hybridized carbons (Fsp3) is 0.200. The molecule has 0 aliphatic rings. The molecule has 0 aliphatic carbocycles. The molecule has 1 aromatic rings. The molecule has 4 N–H and O–H groups in total. The van der Waals surface area contributed by atoms with Crippen molar-refractivity contribution in [2.24, 2.45) is 5.73 Å². The van der Waals surface area contributed by atoms with Crippen LogP contribution >= 0.6 is 0 Å². The van der Waals surface area contributed by atoms with E-state index in [2.05, 4.69) is 4.74 Å². The lowest BCUT2D eigenvalue weighted by atomic mass is 10.1. The van der Waals surface area contributed by atoms with E-state index >= 15 is 0 Å². The maximum atomic E-state index is 11.5. The SMILES string of the molecule is COC(O)C(=O)c1ccc(O)c(C(N)=O)c1. The Morgan fingerprint density at radius 2 is 2.06 bits per heavy atom. The molecule has 86 valence electrons. The van der Waals surface area contributed by atoms with Crippen molar-refractivity contribution >= 4 is 11.7 Å². The molecule has 0 radical (unpaired) electrons. The van der Waals surface area contributed by atoms with Crippen LogP contribution in [0.4, 0.5) is 0 Å². The van der Waals surface area contributed by atoms with Gasteiger partial charge in [-0.05, 0) is 18.2 Å². The Hall–Kier alpha value is -1.92. The van der Waals surface area contributed by atoms with Gasteiger partial charge in [-0.1, -0.05) is 0 Å². The molecule has 1 atom stereocenters. The summed E-state index contributed by atoms with van der Waals surface area (Å²) in [6, 6.07) is 3.50. The van der Waals surface area contributed by atoms with Crippen molar-refractivity contribution in [2.75, 3.05) is 7.11 Å². The third kappa shape index (κ3) is 2.36. The second-order valence-electron chi connectivity index (χ2n) is 3.05. The topological polar surface area (TPSA) is 110 Å². The number of aliphatic hydroxyl groups excluding tert-OH is 1. The van der Waals surface area contributed by atoms with E-state index in [-0.39, 0.29) is 16.9 Å². The molecule has 0 bridgehead atoms. The minimum absolute atomic E-state index is 0.0287. The second kappa shape index (κ2) is 4.73. The zero-order chi connectivity index (χ0) is 12.3. The molecule has 6 heteroatoms. The number of ketones is 1. The van der Waals surface area contributed by atoms with Crippen LogP contribution in [0.3, 0.4) is 0 Å². The fourth-order valence-electron chi connectivity index (χ4n) is 1.14. The van der Waals surface area contributed by atoms with Gasteiger partial charge in [-0.15, -0.1) is 0 Å². The van der Waals surface area contributed by atoms with Crippen LogP contribution in [0.5, 0.6) is 5.75 Å². The summed E-state index contributed by atoms with van der Waals surface area (Å²) in [6.45, 7) is 0. The quantitative estimate of drug-likeness (QED) is 0.478. The zero-order valence-corrected chi connectivity index (χ0v) is 8.51. The van der Waals surface area contributed by atoms with Crippen molar-refractivity contribution in [1.82, 2.24) is 0 Å². The lowest BCUT2D eigenvalue weighted by Gasteiger charge is -2.08. The maximum absolute atomic E-state index is 11.5. The van der Waals surface area contributed by atoms with E-state index in [9.17, 15) is 14.7 Å². The first-order valence-corrected chi connectivity index (χ1v) is 4.35. The molecule has 0 saturated carbocycles. The van der Waals surface area contributed by atoms with Gasteiger partial charge >= 0.3 is 0 Å². The molecule has 0 spiro atoms. The summed E-state index contributed by atoms with van der Waals surface area (Å²) >= 11 is 0. The van der Waals surface area contributed by atoms with Crippen LogP contribution in [-0.2, 0) is 4.74 Å². The highest BCUT2D eigenvalue weighted by Crippen LogP contribution is 2.18. The summed E-state index contributed by atoms with van der Waals surface area (Å²) in [5.74, 6) is -1.90. The standard InChI is InChI=1S/C10H11NO5/c1-16-10(15)8(13)5-2-3-7(12)6(4-5)9(11)14/h2-4,10,12,15H,1H3,(H2,11,14). The Morgan fingerprint density at radius 3 is 2.56 bits per heavy atom. The van der Waals surface area contributed by atoms with E-state index in [0.717, 1.165) is 19.2 Å². The van der Waals surface area contributed by atoms with Crippen molar-refractivity contribution < 1.29 is 24.5 Å². The largest absolute Gasteiger partial charge is 0.507 e. The normalized spacial score (nSPS) is 12.1. The van der Waals surface area contributed by atoms with Crippen LogP contribution in [0, 0.1) is 0 Å². The fourth-order valence-corrected chi connectivity index (χ4v) is 1.14. The van der Waals surface area contributed by atoms with Gasteiger partial charge in [-0.2, -0.15) is 0 Å². The molecule has 0 aliphatic heterocycles. The highest BCUT2D eigenvalue weighted by atomic mass is 16.6. The third-order valence-electron chi connectivity index (χ3n) is 1.99. The van der Waals surface area contributed by atoms with Gasteiger partial charge in [-0.25, -0.2) is 0 Å². The van der Waals surface area contributed by atoms with Gasteiger partial charge < -0.3 is 20.7 Å². The van der Waals surface area contributed by atoms with Crippen LogP contribution < -0.4 is 5.73 Å². The van der Waals surface area contributed by atoms with Gasteiger partial charge in [0.05, 0.1) is 5.56 Å². The van der Waals surface area contributed by atoms with Crippen LogP contribution in [0.25, 0.3) is 0 Å². The van der Waals surface area contributed by atoms with Crippen LogP contribution in [-0.4, -0.2) is 35.3 Å². The summed E-state index contributed by atoms with van der Waals surface area (Å²) in [5.41, 5.74) is 4.83. The van der Waals surface area contributed by atoms with Gasteiger partial charge in [0, 0.05) is 12.7 Å². The molecular weight excluding hydrogens is 214 g/mol. The number of benzene rings is 1. The van der Waals surface area contributed by atoms with Crippen LogP contribution in [0.2, 0.25) is 0 Å². The van der Waals surface area contributed by atoms with Crippen LogP contribution in [0.15, 0.2) is 18.2 Å². The Kier molecular flexibility index (Phi) is 3.60. The maximum Gasteiger partial charge on any atom is 0.252 e. The van der Waals surface area contributed by atoms with Gasteiger partial charge in [0.1, 0.15) is 5.75 Å². The summed E-state index contributed by atoms with van der Waals surface area (Å²) in [5, 5.41) is 18.4. The molecule has 0 saturated heterocycles. The highest BCUT2D eigenvalue weighted by Gasteiger charge is 2.18. The van der Waals surface area contributed by atoms with E-state index in [4.69, 9.17) is 10.8 Å². The minimum atomic E-state index is -1.61. The minimum Gasteiger partial charge on any atom is -0.507 e. The van der Waals surface area contributed by atoms with E-state index < -0.39 is 18.0 Å². The van der Waals surface area contributed by atoms with Crippen molar-refractivity contribution in [3.05, 3.63) is 29.3 Å². The number of carbonyl (C=O) groups excluding carboxylic acids is 2. The molecule has 6 nitrogen and oxygen atoms in total. The average Bonchev–Trinajstić information content (AvgIpc) is 2.27. The predicted octanol–water partition coefficient (Wildman–Crippen LogP) is -0.361. The summed E-state index contributed by atoms with van der Waals surface area (Å²) in [7, 11) is 1.16. The van der Waals surface area contributed by atoms with Crippen LogP contribution in [0.1, 0.15) is 20.7 Å². The summed E-state index contributed by atoms with van der Waals surface area (Å²) < 4.78 is 4.42.